The summed E-state index contributed by atoms with van der Waals surface area (Å²) in [5.41, 5.74) is 0. The summed E-state index contributed by atoms with van der Waals surface area (Å²) in [6, 6.07) is 0. The zero-order valence-electron chi connectivity index (χ0n) is 9.17. The Bertz CT molecular complexity index is 125. The average molecular weight is 190 g/mol. The van der Waals surface area contributed by atoms with Gasteiger partial charge in [-0.3, -0.25) is 0 Å². The molecular formula is C10H22O3. The molecule has 1 unspecified atom stereocenters. The van der Waals surface area contributed by atoms with Crippen LogP contribution in [0.2, 0.25) is 0 Å². The quantitative estimate of drug-likeness (QED) is 0.625. The van der Waals surface area contributed by atoms with Crippen molar-refractivity contribution in [1.29, 1.82) is 0 Å². The molecule has 80 valence electrons. The molecular weight excluding hydrogens is 168 g/mol. The highest BCUT2D eigenvalue weighted by Gasteiger charge is 2.26. The van der Waals surface area contributed by atoms with E-state index in [2.05, 4.69) is 0 Å². The standard InChI is InChI=1S/C10H22O3/c1-5-7-12-10(11,6-2)13-8-9(3)4/h9,11H,5-8H2,1-4H3. The van der Waals surface area contributed by atoms with Crippen molar-refractivity contribution in [3.05, 3.63) is 0 Å². The minimum absolute atomic E-state index is 0.406. The summed E-state index contributed by atoms with van der Waals surface area (Å²) < 4.78 is 10.5. The van der Waals surface area contributed by atoms with E-state index in [0.717, 1.165) is 6.42 Å². The van der Waals surface area contributed by atoms with E-state index in [0.29, 0.717) is 25.6 Å². The highest BCUT2D eigenvalue weighted by atomic mass is 16.8. The maximum atomic E-state index is 9.76. The largest absolute Gasteiger partial charge is 0.343 e. The molecule has 0 saturated heterocycles. The summed E-state index contributed by atoms with van der Waals surface area (Å²) in [6.07, 6.45) is 1.34. The van der Waals surface area contributed by atoms with Crippen LogP contribution in [0.15, 0.2) is 0 Å². The predicted octanol–water partition coefficient (Wildman–Crippen LogP) is 2.14. The first-order valence-corrected chi connectivity index (χ1v) is 5.04. The van der Waals surface area contributed by atoms with Crippen LogP contribution in [0.5, 0.6) is 0 Å². The normalized spacial score (nSPS) is 16.2. The molecule has 0 bridgehead atoms. The number of hydrogen-bond donors (Lipinski definition) is 1. The van der Waals surface area contributed by atoms with Crippen LogP contribution < -0.4 is 0 Å². The van der Waals surface area contributed by atoms with Crippen LogP contribution in [0.3, 0.4) is 0 Å². The molecule has 0 radical (unpaired) electrons. The fourth-order valence-electron chi connectivity index (χ4n) is 0.804. The topological polar surface area (TPSA) is 38.7 Å². The molecule has 0 heterocycles. The molecule has 0 aliphatic rings. The molecule has 0 aliphatic carbocycles. The summed E-state index contributed by atoms with van der Waals surface area (Å²) >= 11 is 0. The van der Waals surface area contributed by atoms with E-state index in [-0.39, 0.29) is 0 Å². The summed E-state index contributed by atoms with van der Waals surface area (Å²) in [6.45, 7) is 8.97. The van der Waals surface area contributed by atoms with Gasteiger partial charge in [-0.25, -0.2) is 0 Å². The Labute approximate surface area is 81.0 Å². The van der Waals surface area contributed by atoms with Gasteiger partial charge in [-0.15, -0.1) is 0 Å². The minimum Gasteiger partial charge on any atom is -0.343 e. The molecule has 3 nitrogen and oxygen atoms in total. The second kappa shape index (κ2) is 6.35. The number of ether oxygens (including phenoxy) is 2. The van der Waals surface area contributed by atoms with Crippen molar-refractivity contribution in [1.82, 2.24) is 0 Å². The molecule has 3 heteroatoms. The lowest BCUT2D eigenvalue weighted by Gasteiger charge is -2.27. The monoisotopic (exact) mass is 190 g/mol. The van der Waals surface area contributed by atoms with Crippen molar-refractivity contribution in [2.75, 3.05) is 13.2 Å². The van der Waals surface area contributed by atoms with Crippen molar-refractivity contribution in [2.45, 2.75) is 46.5 Å². The third-order valence-electron chi connectivity index (χ3n) is 1.62. The Kier molecular flexibility index (Phi) is 6.29. The first kappa shape index (κ1) is 12.9. The Hall–Kier alpha value is -0.120. The molecule has 0 aromatic carbocycles. The van der Waals surface area contributed by atoms with E-state index in [1.165, 1.54) is 0 Å². The summed E-state index contributed by atoms with van der Waals surface area (Å²) in [4.78, 5) is 0. The fourth-order valence-corrected chi connectivity index (χ4v) is 0.804. The van der Waals surface area contributed by atoms with Crippen LogP contribution in [-0.2, 0) is 9.47 Å². The molecule has 1 atom stereocenters. The minimum atomic E-state index is -1.37. The van der Waals surface area contributed by atoms with Gasteiger partial charge in [0, 0.05) is 6.42 Å². The number of hydrogen-bond acceptors (Lipinski definition) is 3. The van der Waals surface area contributed by atoms with Gasteiger partial charge in [0.1, 0.15) is 0 Å². The van der Waals surface area contributed by atoms with E-state index in [1.54, 1.807) is 0 Å². The zero-order valence-corrected chi connectivity index (χ0v) is 9.17. The Morgan fingerprint density at radius 2 is 1.85 bits per heavy atom. The van der Waals surface area contributed by atoms with Crippen LogP contribution in [0.25, 0.3) is 0 Å². The molecule has 0 aliphatic heterocycles. The van der Waals surface area contributed by atoms with Gasteiger partial charge in [0.05, 0.1) is 13.2 Å². The average Bonchev–Trinajstić information content (AvgIpc) is 2.11. The Morgan fingerprint density at radius 3 is 2.23 bits per heavy atom. The smallest absolute Gasteiger partial charge is 0.280 e. The SMILES string of the molecule is CCCOC(O)(CC)OCC(C)C. The van der Waals surface area contributed by atoms with Crippen LogP contribution in [-0.4, -0.2) is 24.3 Å². The van der Waals surface area contributed by atoms with E-state index in [9.17, 15) is 5.11 Å². The van der Waals surface area contributed by atoms with E-state index in [1.807, 2.05) is 27.7 Å². The maximum Gasteiger partial charge on any atom is 0.280 e. The van der Waals surface area contributed by atoms with Gasteiger partial charge < -0.3 is 14.6 Å². The summed E-state index contributed by atoms with van der Waals surface area (Å²) in [5, 5.41) is 9.76. The molecule has 0 amide bonds. The lowest BCUT2D eigenvalue weighted by Crippen LogP contribution is -2.36. The Balaban J connectivity index is 3.81. The molecule has 0 spiro atoms. The van der Waals surface area contributed by atoms with Gasteiger partial charge in [0.2, 0.25) is 0 Å². The van der Waals surface area contributed by atoms with Crippen LogP contribution in [0, 0.1) is 5.92 Å². The summed E-state index contributed by atoms with van der Waals surface area (Å²) in [7, 11) is 0. The van der Waals surface area contributed by atoms with Crippen LogP contribution in [0.1, 0.15) is 40.5 Å². The molecule has 0 aromatic heterocycles. The highest BCUT2D eigenvalue weighted by Crippen LogP contribution is 2.15. The molecule has 0 fully saturated rings. The van der Waals surface area contributed by atoms with Crippen molar-refractivity contribution in [2.24, 2.45) is 5.92 Å². The van der Waals surface area contributed by atoms with Crippen LogP contribution >= 0.6 is 0 Å². The molecule has 0 aromatic rings. The fraction of sp³-hybridized carbons (Fsp3) is 1.00. The number of rotatable bonds is 7. The second-order valence-electron chi connectivity index (χ2n) is 3.62. The van der Waals surface area contributed by atoms with Gasteiger partial charge >= 0.3 is 0 Å². The van der Waals surface area contributed by atoms with E-state index < -0.39 is 5.97 Å². The van der Waals surface area contributed by atoms with Crippen LogP contribution in [0.4, 0.5) is 0 Å². The second-order valence-corrected chi connectivity index (χ2v) is 3.62. The maximum absolute atomic E-state index is 9.76. The molecule has 1 N–H and O–H groups in total. The van der Waals surface area contributed by atoms with Gasteiger partial charge in [-0.05, 0) is 12.3 Å². The van der Waals surface area contributed by atoms with Crippen molar-refractivity contribution in [3.63, 3.8) is 0 Å². The molecule has 0 saturated carbocycles. The molecule has 13 heavy (non-hydrogen) atoms. The highest BCUT2D eigenvalue weighted by molar-refractivity contribution is 4.52. The third kappa shape index (κ3) is 6.02. The first-order chi connectivity index (χ1) is 6.04. The summed E-state index contributed by atoms with van der Waals surface area (Å²) in [5.74, 6) is -0.969. The first-order valence-electron chi connectivity index (χ1n) is 5.04. The predicted molar refractivity (Wildman–Crippen MR) is 52.3 cm³/mol. The van der Waals surface area contributed by atoms with E-state index in [4.69, 9.17) is 9.47 Å². The van der Waals surface area contributed by atoms with Crippen molar-refractivity contribution in [3.8, 4) is 0 Å². The zero-order chi connectivity index (χ0) is 10.3. The van der Waals surface area contributed by atoms with Crippen molar-refractivity contribution < 1.29 is 14.6 Å². The lowest BCUT2D eigenvalue weighted by atomic mass is 10.2. The third-order valence-corrected chi connectivity index (χ3v) is 1.62. The van der Waals surface area contributed by atoms with Gasteiger partial charge in [0.25, 0.3) is 5.97 Å². The van der Waals surface area contributed by atoms with Gasteiger partial charge in [-0.1, -0.05) is 27.7 Å². The Morgan fingerprint density at radius 1 is 1.23 bits per heavy atom. The molecule has 0 rings (SSSR count). The number of aliphatic hydroxyl groups is 1. The lowest BCUT2D eigenvalue weighted by molar-refractivity contribution is -0.363. The van der Waals surface area contributed by atoms with Gasteiger partial charge in [-0.2, -0.15) is 0 Å². The van der Waals surface area contributed by atoms with Crippen molar-refractivity contribution >= 4 is 0 Å². The van der Waals surface area contributed by atoms with Gasteiger partial charge in [0.15, 0.2) is 0 Å². The van der Waals surface area contributed by atoms with E-state index >= 15 is 0 Å².